The maximum absolute atomic E-state index is 4.83. The van der Waals surface area contributed by atoms with Crippen LogP contribution in [-0.2, 0) is 13.1 Å². The molecule has 2 rings (SSSR count). The third-order valence-electron chi connectivity index (χ3n) is 3.89. The van der Waals surface area contributed by atoms with Gasteiger partial charge in [0.25, 0.3) is 0 Å². The minimum Gasteiger partial charge on any atom is -0.306 e. The maximum Gasteiger partial charge on any atom is 0.0547 e. The highest BCUT2D eigenvalue weighted by Gasteiger charge is 2.28. The Morgan fingerprint density at radius 2 is 1.95 bits per heavy atom. The topological polar surface area (TPSA) is 28.2 Å². The lowest BCUT2D eigenvalue weighted by Crippen LogP contribution is -2.35. The highest BCUT2D eigenvalue weighted by atomic mass is 15.2. The molecule has 0 radical (unpaired) electrons. The van der Waals surface area contributed by atoms with Crippen molar-refractivity contribution in [3.63, 3.8) is 0 Å². The largest absolute Gasteiger partial charge is 0.306 e. The molecule has 0 aliphatic heterocycles. The maximum atomic E-state index is 4.83. The second-order valence-electron chi connectivity index (χ2n) is 7.28. The van der Waals surface area contributed by atoms with Crippen LogP contribution in [0, 0.1) is 0 Å². The van der Waals surface area contributed by atoms with Gasteiger partial charge < -0.3 is 5.32 Å². The smallest absolute Gasteiger partial charge is 0.0547 e. The number of nitrogens with zero attached hydrogens (tertiary/aromatic N) is 2. The van der Waals surface area contributed by atoms with Crippen LogP contribution in [0.15, 0.2) is 18.2 Å². The van der Waals surface area contributed by atoms with Crippen molar-refractivity contribution in [1.29, 1.82) is 0 Å². The summed E-state index contributed by atoms with van der Waals surface area (Å²) in [5.74, 6) is 0. The first-order chi connectivity index (χ1) is 9.98. The molecule has 0 atom stereocenters. The summed E-state index contributed by atoms with van der Waals surface area (Å²) in [6.45, 7) is 11.9. The summed E-state index contributed by atoms with van der Waals surface area (Å²) in [5.41, 5.74) is 2.50. The Balaban J connectivity index is 1.92. The summed E-state index contributed by atoms with van der Waals surface area (Å²) in [4.78, 5) is 7.45. The molecule has 3 heteroatoms. The zero-order valence-electron chi connectivity index (χ0n) is 14.2. The van der Waals surface area contributed by atoms with Crippen LogP contribution in [-0.4, -0.2) is 28.0 Å². The van der Waals surface area contributed by atoms with Crippen molar-refractivity contribution < 1.29 is 0 Å². The van der Waals surface area contributed by atoms with Gasteiger partial charge in [-0.25, -0.2) is 0 Å². The van der Waals surface area contributed by atoms with Crippen molar-refractivity contribution in [2.75, 3.05) is 6.54 Å². The van der Waals surface area contributed by atoms with E-state index < -0.39 is 0 Å². The number of hydrogen-bond donors (Lipinski definition) is 1. The summed E-state index contributed by atoms with van der Waals surface area (Å²) < 4.78 is 0. The summed E-state index contributed by atoms with van der Waals surface area (Å²) in [7, 11) is 0. The van der Waals surface area contributed by atoms with Crippen molar-refractivity contribution in [3.05, 3.63) is 29.6 Å². The molecule has 1 N–H and O–H groups in total. The molecule has 1 heterocycles. The van der Waals surface area contributed by atoms with Gasteiger partial charge in [-0.15, -0.1) is 0 Å². The van der Waals surface area contributed by atoms with Crippen molar-refractivity contribution in [2.24, 2.45) is 0 Å². The average Bonchev–Trinajstić information content (AvgIpc) is 3.25. The number of nitrogens with one attached hydrogen (secondary N) is 1. The van der Waals surface area contributed by atoms with E-state index >= 15 is 0 Å². The molecule has 0 saturated heterocycles. The summed E-state index contributed by atoms with van der Waals surface area (Å²) in [6, 6.07) is 7.25. The summed E-state index contributed by atoms with van der Waals surface area (Å²) in [6.07, 6.45) is 5.30. The minimum atomic E-state index is 0.138. The predicted octanol–water partition coefficient (Wildman–Crippen LogP) is 3.73. The van der Waals surface area contributed by atoms with Crippen molar-refractivity contribution in [3.8, 4) is 0 Å². The lowest BCUT2D eigenvalue weighted by Gasteiger charge is -2.22. The second kappa shape index (κ2) is 7.37. The molecule has 0 bridgehead atoms. The molecule has 1 fully saturated rings. The first-order valence-electron chi connectivity index (χ1n) is 8.42. The molecule has 0 unspecified atom stereocenters. The van der Waals surface area contributed by atoms with Gasteiger partial charge in [-0.3, -0.25) is 9.88 Å². The zero-order chi connectivity index (χ0) is 15.3. The van der Waals surface area contributed by atoms with Crippen LogP contribution in [0.1, 0.15) is 64.8 Å². The van der Waals surface area contributed by atoms with Gasteiger partial charge in [-0.1, -0.05) is 19.4 Å². The van der Waals surface area contributed by atoms with Crippen LogP contribution in [0.5, 0.6) is 0 Å². The Labute approximate surface area is 130 Å². The van der Waals surface area contributed by atoms with E-state index in [0.29, 0.717) is 0 Å². The third kappa shape index (κ3) is 6.15. The highest BCUT2D eigenvalue weighted by molar-refractivity contribution is 5.12. The fourth-order valence-electron chi connectivity index (χ4n) is 2.47. The normalized spacial score (nSPS) is 15.7. The second-order valence-corrected chi connectivity index (χ2v) is 7.28. The molecular weight excluding hydrogens is 258 g/mol. The van der Waals surface area contributed by atoms with Gasteiger partial charge in [0, 0.05) is 24.7 Å². The molecule has 1 aliphatic carbocycles. The molecule has 0 aromatic carbocycles. The van der Waals surface area contributed by atoms with Crippen molar-refractivity contribution in [1.82, 2.24) is 15.2 Å². The predicted molar refractivity (Wildman–Crippen MR) is 89.2 cm³/mol. The SMILES string of the molecule is CCCCN(Cc1cccc(CNC(C)(C)C)n1)C1CC1. The average molecular weight is 289 g/mol. The molecule has 1 aliphatic rings. The molecule has 0 spiro atoms. The standard InChI is InChI=1S/C18H31N3/c1-5-6-12-21(17-10-11-17)14-16-9-7-8-15(20-16)13-19-18(2,3)4/h7-9,17,19H,5-6,10-14H2,1-4H3. The van der Waals surface area contributed by atoms with Crippen molar-refractivity contribution >= 4 is 0 Å². The Morgan fingerprint density at radius 3 is 2.57 bits per heavy atom. The van der Waals surface area contributed by atoms with E-state index in [1.807, 2.05) is 0 Å². The molecule has 1 aromatic rings. The van der Waals surface area contributed by atoms with Gasteiger partial charge in [0.1, 0.15) is 0 Å². The molecular formula is C18H31N3. The first-order valence-corrected chi connectivity index (χ1v) is 8.42. The summed E-state index contributed by atoms with van der Waals surface area (Å²) >= 11 is 0. The van der Waals surface area contributed by atoms with Gasteiger partial charge in [0.15, 0.2) is 0 Å². The monoisotopic (exact) mass is 289 g/mol. The van der Waals surface area contributed by atoms with Gasteiger partial charge >= 0.3 is 0 Å². The molecule has 3 nitrogen and oxygen atoms in total. The molecule has 1 aromatic heterocycles. The Hall–Kier alpha value is -0.930. The van der Waals surface area contributed by atoms with Gasteiger partial charge in [-0.2, -0.15) is 0 Å². The Kier molecular flexibility index (Phi) is 5.77. The fourth-order valence-corrected chi connectivity index (χ4v) is 2.47. The number of rotatable bonds is 8. The lowest BCUT2D eigenvalue weighted by molar-refractivity contribution is 0.247. The number of pyridine rings is 1. The quantitative estimate of drug-likeness (QED) is 0.790. The van der Waals surface area contributed by atoms with Gasteiger partial charge in [0.2, 0.25) is 0 Å². The number of unbranched alkanes of at least 4 members (excludes halogenated alkanes) is 1. The summed E-state index contributed by atoms with van der Waals surface area (Å²) in [5, 5.41) is 3.51. The highest BCUT2D eigenvalue weighted by Crippen LogP contribution is 2.28. The van der Waals surface area contributed by atoms with E-state index in [1.165, 1.54) is 37.9 Å². The lowest BCUT2D eigenvalue weighted by atomic mass is 10.1. The first kappa shape index (κ1) is 16.4. The zero-order valence-corrected chi connectivity index (χ0v) is 14.2. The van der Waals surface area contributed by atoms with Crippen LogP contribution < -0.4 is 5.32 Å². The van der Waals surface area contributed by atoms with Crippen LogP contribution in [0.3, 0.4) is 0 Å². The van der Waals surface area contributed by atoms with Crippen LogP contribution in [0.4, 0.5) is 0 Å². The van der Waals surface area contributed by atoms with E-state index in [4.69, 9.17) is 4.98 Å². The van der Waals surface area contributed by atoms with Crippen LogP contribution >= 0.6 is 0 Å². The van der Waals surface area contributed by atoms with E-state index in [0.717, 1.165) is 24.8 Å². The van der Waals surface area contributed by atoms with E-state index in [1.54, 1.807) is 0 Å². The van der Waals surface area contributed by atoms with Gasteiger partial charge in [-0.05, 0) is 58.7 Å². The molecule has 21 heavy (non-hydrogen) atoms. The minimum absolute atomic E-state index is 0.138. The third-order valence-corrected chi connectivity index (χ3v) is 3.89. The number of hydrogen-bond acceptors (Lipinski definition) is 3. The van der Waals surface area contributed by atoms with Crippen LogP contribution in [0.2, 0.25) is 0 Å². The molecule has 118 valence electrons. The fraction of sp³-hybridized carbons (Fsp3) is 0.722. The molecule has 0 amide bonds. The van der Waals surface area contributed by atoms with Crippen LogP contribution in [0.25, 0.3) is 0 Å². The molecule has 1 saturated carbocycles. The van der Waals surface area contributed by atoms with E-state index in [-0.39, 0.29) is 5.54 Å². The van der Waals surface area contributed by atoms with E-state index in [2.05, 4.69) is 56.1 Å². The van der Waals surface area contributed by atoms with E-state index in [9.17, 15) is 0 Å². The Bertz CT molecular complexity index is 432. The van der Waals surface area contributed by atoms with Crippen molar-refractivity contribution in [2.45, 2.75) is 78.0 Å². The number of aromatic nitrogens is 1. The Morgan fingerprint density at radius 1 is 1.24 bits per heavy atom. The van der Waals surface area contributed by atoms with Gasteiger partial charge in [0.05, 0.1) is 11.4 Å².